The number of amides is 2. The lowest BCUT2D eigenvalue weighted by Gasteiger charge is -2.09. The van der Waals surface area contributed by atoms with E-state index in [0.717, 1.165) is 0 Å². The summed E-state index contributed by atoms with van der Waals surface area (Å²) >= 11 is 3.35. The molecule has 142 valence electrons. The molecule has 28 heavy (non-hydrogen) atoms. The van der Waals surface area contributed by atoms with Crippen molar-refractivity contribution in [2.45, 2.75) is 0 Å². The van der Waals surface area contributed by atoms with Gasteiger partial charge in [0.25, 0.3) is 5.91 Å². The van der Waals surface area contributed by atoms with Gasteiger partial charge in [-0.1, -0.05) is 6.07 Å². The number of ether oxygens (including phenoxy) is 2. The Labute approximate surface area is 169 Å². The third kappa shape index (κ3) is 4.66. The van der Waals surface area contributed by atoms with Crippen molar-refractivity contribution in [2.75, 3.05) is 12.4 Å². The van der Waals surface area contributed by atoms with Crippen molar-refractivity contribution in [1.29, 1.82) is 0 Å². The molecule has 0 unspecified atom stereocenters. The smallest absolute Gasteiger partial charge is 0.256 e. The lowest BCUT2D eigenvalue weighted by molar-refractivity contribution is 0.0997. The fourth-order valence-corrected chi connectivity index (χ4v) is 2.78. The monoisotopic (exact) mass is 441 g/mol. The number of pyridine rings is 1. The largest absolute Gasteiger partial charge is 0.497 e. The summed E-state index contributed by atoms with van der Waals surface area (Å²) in [5, 5.41) is 2.76. The lowest BCUT2D eigenvalue weighted by atomic mass is 10.2. The van der Waals surface area contributed by atoms with Crippen molar-refractivity contribution >= 4 is 33.4 Å². The van der Waals surface area contributed by atoms with E-state index in [1.54, 1.807) is 48.5 Å². The third-order valence-corrected chi connectivity index (χ3v) is 4.44. The number of nitrogens with zero attached hydrogens (tertiary/aromatic N) is 1. The number of primary amides is 1. The van der Waals surface area contributed by atoms with E-state index < -0.39 is 5.91 Å². The van der Waals surface area contributed by atoms with E-state index in [4.69, 9.17) is 15.2 Å². The minimum absolute atomic E-state index is 0.308. The predicted octanol–water partition coefficient (Wildman–Crippen LogP) is 4.00. The van der Waals surface area contributed by atoms with Crippen LogP contribution in [0.1, 0.15) is 20.7 Å². The molecule has 1 heterocycles. The zero-order chi connectivity index (χ0) is 20.1. The van der Waals surface area contributed by atoms with Crippen LogP contribution in [0.5, 0.6) is 17.4 Å². The van der Waals surface area contributed by atoms with Crippen LogP contribution in [0.3, 0.4) is 0 Å². The molecule has 0 saturated carbocycles. The van der Waals surface area contributed by atoms with E-state index in [1.807, 2.05) is 0 Å². The van der Waals surface area contributed by atoms with Crippen molar-refractivity contribution < 1.29 is 19.1 Å². The predicted molar refractivity (Wildman–Crippen MR) is 108 cm³/mol. The summed E-state index contributed by atoms with van der Waals surface area (Å²) in [6.45, 7) is 0. The van der Waals surface area contributed by atoms with Crippen LogP contribution in [0.25, 0.3) is 0 Å². The zero-order valence-electron chi connectivity index (χ0n) is 14.8. The number of aromatic nitrogens is 1. The molecule has 7 nitrogen and oxygen atoms in total. The number of hydrogen-bond donors (Lipinski definition) is 2. The number of halogens is 1. The minimum Gasteiger partial charge on any atom is -0.497 e. The molecule has 8 heteroatoms. The maximum Gasteiger partial charge on any atom is 0.256 e. The van der Waals surface area contributed by atoms with Crippen molar-refractivity contribution in [3.63, 3.8) is 0 Å². The summed E-state index contributed by atoms with van der Waals surface area (Å²) in [6, 6.07) is 14.9. The second-order valence-corrected chi connectivity index (χ2v) is 6.53. The molecule has 2 aromatic carbocycles. The van der Waals surface area contributed by atoms with Crippen molar-refractivity contribution in [2.24, 2.45) is 5.73 Å². The average molecular weight is 442 g/mol. The number of carbonyl (C=O) groups is 2. The van der Waals surface area contributed by atoms with Gasteiger partial charge in [-0.2, -0.15) is 0 Å². The van der Waals surface area contributed by atoms with Gasteiger partial charge in [0.2, 0.25) is 11.8 Å². The first kappa shape index (κ1) is 19.4. The molecule has 0 bridgehead atoms. The van der Waals surface area contributed by atoms with Gasteiger partial charge in [0, 0.05) is 16.1 Å². The standard InChI is InChI=1S/C20H16BrN3O4/c1-27-14-6-7-17(21)16(10-14)20(26)24-13-5-8-18(23-11-13)28-15-4-2-3-12(9-15)19(22)25/h2-11H,1H3,(H2,22,25)(H,24,26). The van der Waals surface area contributed by atoms with Crippen molar-refractivity contribution in [1.82, 2.24) is 4.98 Å². The van der Waals surface area contributed by atoms with Crippen LogP contribution in [-0.4, -0.2) is 23.9 Å². The first-order valence-electron chi connectivity index (χ1n) is 8.15. The van der Waals surface area contributed by atoms with Gasteiger partial charge in [0.1, 0.15) is 11.5 Å². The normalized spacial score (nSPS) is 10.2. The van der Waals surface area contributed by atoms with Crippen LogP contribution < -0.4 is 20.5 Å². The van der Waals surface area contributed by atoms with E-state index in [-0.39, 0.29) is 5.91 Å². The Kier molecular flexibility index (Phi) is 5.90. The lowest BCUT2D eigenvalue weighted by Crippen LogP contribution is -2.13. The van der Waals surface area contributed by atoms with Gasteiger partial charge in [-0.25, -0.2) is 4.98 Å². The highest BCUT2D eigenvalue weighted by molar-refractivity contribution is 9.10. The summed E-state index contributed by atoms with van der Waals surface area (Å²) in [4.78, 5) is 27.9. The molecule has 0 aliphatic carbocycles. The van der Waals surface area contributed by atoms with Gasteiger partial charge < -0.3 is 20.5 Å². The minimum atomic E-state index is -0.542. The number of nitrogens with two attached hydrogens (primary N) is 1. The fourth-order valence-electron chi connectivity index (χ4n) is 2.35. The first-order valence-corrected chi connectivity index (χ1v) is 8.94. The molecule has 3 aromatic rings. The van der Waals surface area contributed by atoms with Gasteiger partial charge in [-0.05, 0) is 58.4 Å². The number of rotatable bonds is 6. The Morgan fingerprint density at radius 2 is 1.89 bits per heavy atom. The Morgan fingerprint density at radius 1 is 1.07 bits per heavy atom. The second kappa shape index (κ2) is 8.53. The van der Waals surface area contributed by atoms with Gasteiger partial charge >= 0.3 is 0 Å². The molecule has 0 aliphatic rings. The molecule has 0 radical (unpaired) electrons. The van der Waals surface area contributed by atoms with Crippen LogP contribution >= 0.6 is 15.9 Å². The number of nitrogens with one attached hydrogen (secondary N) is 1. The van der Waals surface area contributed by atoms with Crippen LogP contribution in [0.4, 0.5) is 5.69 Å². The Morgan fingerprint density at radius 3 is 2.57 bits per heavy atom. The van der Waals surface area contributed by atoms with E-state index in [9.17, 15) is 9.59 Å². The number of hydrogen-bond acceptors (Lipinski definition) is 5. The Balaban J connectivity index is 1.70. The number of benzene rings is 2. The summed E-state index contributed by atoms with van der Waals surface area (Å²) in [7, 11) is 1.53. The van der Waals surface area contributed by atoms with Crippen LogP contribution in [0, 0.1) is 0 Å². The number of methoxy groups -OCH3 is 1. The summed E-state index contributed by atoms with van der Waals surface area (Å²) < 4.78 is 11.4. The molecule has 0 saturated heterocycles. The molecule has 0 atom stereocenters. The number of carbonyl (C=O) groups excluding carboxylic acids is 2. The maximum atomic E-state index is 12.5. The highest BCUT2D eigenvalue weighted by atomic mass is 79.9. The Bertz CT molecular complexity index is 1020. The SMILES string of the molecule is COc1ccc(Br)c(C(=O)Nc2ccc(Oc3cccc(C(N)=O)c3)nc2)c1. The molecule has 0 aliphatic heterocycles. The van der Waals surface area contributed by atoms with Gasteiger partial charge in [0.15, 0.2) is 0 Å². The molecule has 0 spiro atoms. The maximum absolute atomic E-state index is 12.5. The Hall–Kier alpha value is -3.39. The topological polar surface area (TPSA) is 104 Å². The first-order chi connectivity index (χ1) is 13.5. The van der Waals surface area contributed by atoms with Crippen molar-refractivity contribution in [3.05, 3.63) is 76.4 Å². The van der Waals surface area contributed by atoms with Gasteiger partial charge in [0.05, 0.1) is 24.6 Å². The molecule has 3 N–H and O–H groups in total. The fraction of sp³-hybridized carbons (Fsp3) is 0.0500. The zero-order valence-corrected chi connectivity index (χ0v) is 16.4. The van der Waals surface area contributed by atoms with E-state index in [2.05, 4.69) is 26.2 Å². The number of anilines is 1. The molecular formula is C20H16BrN3O4. The van der Waals surface area contributed by atoms with Crippen molar-refractivity contribution in [3.8, 4) is 17.4 Å². The van der Waals surface area contributed by atoms with Crippen LogP contribution in [0.15, 0.2) is 65.3 Å². The van der Waals surface area contributed by atoms with E-state index in [0.29, 0.717) is 38.7 Å². The summed E-state index contributed by atoms with van der Waals surface area (Å²) in [5.74, 6) is 0.465. The van der Waals surface area contributed by atoms with E-state index >= 15 is 0 Å². The average Bonchev–Trinajstić information content (AvgIpc) is 2.70. The quantitative estimate of drug-likeness (QED) is 0.601. The molecule has 1 aromatic heterocycles. The van der Waals surface area contributed by atoms with Crippen LogP contribution in [0.2, 0.25) is 0 Å². The molecule has 0 fully saturated rings. The van der Waals surface area contributed by atoms with Gasteiger partial charge in [-0.3, -0.25) is 9.59 Å². The summed E-state index contributed by atoms with van der Waals surface area (Å²) in [6.07, 6.45) is 1.47. The van der Waals surface area contributed by atoms with E-state index in [1.165, 1.54) is 19.4 Å². The molecule has 2 amide bonds. The van der Waals surface area contributed by atoms with Crippen LogP contribution in [-0.2, 0) is 0 Å². The third-order valence-electron chi connectivity index (χ3n) is 3.75. The highest BCUT2D eigenvalue weighted by Gasteiger charge is 2.12. The highest BCUT2D eigenvalue weighted by Crippen LogP contribution is 2.25. The molecule has 3 rings (SSSR count). The van der Waals surface area contributed by atoms with Gasteiger partial charge in [-0.15, -0.1) is 0 Å². The summed E-state index contributed by atoms with van der Waals surface area (Å²) in [5.41, 5.74) is 6.53. The second-order valence-electron chi connectivity index (χ2n) is 5.68. The molecular weight excluding hydrogens is 426 g/mol.